The first kappa shape index (κ1) is 20.6. The van der Waals surface area contributed by atoms with Crippen molar-refractivity contribution in [2.75, 3.05) is 6.54 Å². The van der Waals surface area contributed by atoms with Crippen molar-refractivity contribution in [3.63, 3.8) is 0 Å². The molecule has 0 aliphatic heterocycles. The second kappa shape index (κ2) is 8.50. The summed E-state index contributed by atoms with van der Waals surface area (Å²) < 4.78 is 0. The van der Waals surface area contributed by atoms with Crippen LogP contribution in [0.15, 0.2) is 42.7 Å². The Kier molecular flexibility index (Phi) is 6.26. The van der Waals surface area contributed by atoms with Crippen molar-refractivity contribution in [2.24, 2.45) is 0 Å². The number of thiocarbonyl (C=S) groups is 1. The van der Waals surface area contributed by atoms with E-state index in [0.717, 1.165) is 40.7 Å². The number of hydrogen-bond acceptors (Lipinski definition) is 2. The van der Waals surface area contributed by atoms with Gasteiger partial charge in [0.15, 0.2) is 5.11 Å². The minimum atomic E-state index is -0.0888. The third-order valence-electron chi connectivity index (χ3n) is 4.58. The molecule has 148 valence electrons. The first-order valence-electron chi connectivity index (χ1n) is 9.45. The maximum absolute atomic E-state index is 6.23. The van der Waals surface area contributed by atoms with E-state index < -0.39 is 0 Å². The highest BCUT2D eigenvalue weighted by molar-refractivity contribution is 7.80. The number of aromatic nitrogens is 2. The molecule has 6 heteroatoms. The van der Waals surface area contributed by atoms with E-state index in [2.05, 4.69) is 53.9 Å². The number of fused-ring (bicyclic) bond motifs is 1. The highest BCUT2D eigenvalue weighted by Crippen LogP contribution is 2.26. The predicted molar refractivity (Wildman–Crippen MR) is 122 cm³/mol. The zero-order valence-corrected chi connectivity index (χ0v) is 18.4. The average Bonchev–Trinajstić information content (AvgIpc) is 2.92. The lowest BCUT2D eigenvalue weighted by Crippen LogP contribution is -2.48. The van der Waals surface area contributed by atoms with Crippen LogP contribution >= 0.6 is 23.8 Å². The van der Waals surface area contributed by atoms with Crippen LogP contribution < -0.4 is 5.32 Å². The summed E-state index contributed by atoms with van der Waals surface area (Å²) in [6, 6.07) is 10.0. The van der Waals surface area contributed by atoms with Crippen molar-refractivity contribution in [1.82, 2.24) is 20.2 Å². The Hall–Kier alpha value is -2.11. The molecule has 0 bridgehead atoms. The summed E-state index contributed by atoms with van der Waals surface area (Å²) in [6.07, 6.45) is 4.56. The third kappa shape index (κ3) is 5.24. The number of nitrogens with one attached hydrogen (secondary N) is 2. The number of benzene rings is 1. The van der Waals surface area contributed by atoms with Crippen molar-refractivity contribution in [3.8, 4) is 0 Å². The van der Waals surface area contributed by atoms with Crippen LogP contribution in [0.5, 0.6) is 0 Å². The van der Waals surface area contributed by atoms with E-state index in [4.69, 9.17) is 23.8 Å². The minimum absolute atomic E-state index is 0.0888. The van der Waals surface area contributed by atoms with E-state index >= 15 is 0 Å². The van der Waals surface area contributed by atoms with E-state index in [9.17, 15) is 0 Å². The van der Waals surface area contributed by atoms with Gasteiger partial charge in [0.05, 0.1) is 0 Å². The predicted octanol–water partition coefficient (Wildman–Crippen LogP) is 5.24. The average molecular weight is 415 g/mol. The standard InChI is InChI=1S/C22H27ClN4S/c1-15-18(19-12-17(23)7-8-20(19)25-15)9-11-27(21(28)26-22(2,3)4)14-16-6-5-10-24-13-16/h5-8,10,12-13,25H,9,11,14H2,1-4H3,(H,26,28). The summed E-state index contributed by atoms with van der Waals surface area (Å²) in [6.45, 7) is 9.99. The van der Waals surface area contributed by atoms with Crippen LogP contribution in [-0.2, 0) is 13.0 Å². The van der Waals surface area contributed by atoms with Gasteiger partial charge in [-0.15, -0.1) is 0 Å². The van der Waals surface area contributed by atoms with Crippen molar-refractivity contribution < 1.29 is 0 Å². The molecule has 0 atom stereocenters. The molecule has 0 unspecified atom stereocenters. The minimum Gasteiger partial charge on any atom is -0.358 e. The molecule has 3 rings (SSSR count). The Morgan fingerprint density at radius 1 is 1.29 bits per heavy atom. The molecule has 28 heavy (non-hydrogen) atoms. The van der Waals surface area contributed by atoms with Crippen molar-refractivity contribution in [1.29, 1.82) is 0 Å². The lowest BCUT2D eigenvalue weighted by Gasteiger charge is -2.31. The first-order chi connectivity index (χ1) is 13.2. The number of rotatable bonds is 5. The first-order valence-corrected chi connectivity index (χ1v) is 10.2. The number of aromatic amines is 1. The SMILES string of the molecule is Cc1[nH]c2ccc(Cl)cc2c1CCN(Cc1cccnc1)C(=S)NC(C)(C)C. The summed E-state index contributed by atoms with van der Waals surface area (Å²) in [5.74, 6) is 0. The maximum Gasteiger partial charge on any atom is 0.169 e. The van der Waals surface area contributed by atoms with Gasteiger partial charge in [-0.1, -0.05) is 17.7 Å². The highest BCUT2D eigenvalue weighted by atomic mass is 35.5. The summed E-state index contributed by atoms with van der Waals surface area (Å²) >= 11 is 12.0. The monoisotopic (exact) mass is 414 g/mol. The van der Waals surface area contributed by atoms with Crippen LogP contribution in [0, 0.1) is 6.92 Å². The van der Waals surface area contributed by atoms with E-state index in [-0.39, 0.29) is 5.54 Å². The second-order valence-electron chi connectivity index (χ2n) is 8.13. The van der Waals surface area contributed by atoms with Gasteiger partial charge in [-0.2, -0.15) is 0 Å². The summed E-state index contributed by atoms with van der Waals surface area (Å²) in [5.41, 5.74) is 4.62. The molecule has 0 aliphatic rings. The molecule has 0 spiro atoms. The van der Waals surface area contributed by atoms with E-state index in [1.54, 1.807) is 6.20 Å². The smallest absolute Gasteiger partial charge is 0.169 e. The number of aryl methyl sites for hydroxylation is 1. The Morgan fingerprint density at radius 3 is 2.75 bits per heavy atom. The van der Waals surface area contributed by atoms with Crippen LogP contribution in [0.2, 0.25) is 5.02 Å². The van der Waals surface area contributed by atoms with Crippen molar-refractivity contribution in [2.45, 2.75) is 46.2 Å². The Morgan fingerprint density at radius 2 is 2.07 bits per heavy atom. The molecular weight excluding hydrogens is 388 g/mol. The summed E-state index contributed by atoms with van der Waals surface area (Å²) in [7, 11) is 0. The molecule has 1 aromatic carbocycles. The zero-order valence-electron chi connectivity index (χ0n) is 16.8. The molecule has 0 amide bonds. The zero-order chi connectivity index (χ0) is 20.3. The molecule has 0 saturated carbocycles. The topological polar surface area (TPSA) is 44.0 Å². The summed E-state index contributed by atoms with van der Waals surface area (Å²) in [5, 5.41) is 6.13. The number of nitrogens with zero attached hydrogens (tertiary/aromatic N) is 2. The molecule has 3 aromatic rings. The molecule has 2 heterocycles. The fourth-order valence-corrected chi connectivity index (χ4v) is 3.92. The maximum atomic E-state index is 6.23. The lowest BCUT2D eigenvalue weighted by atomic mass is 10.1. The van der Waals surface area contributed by atoms with E-state index in [0.29, 0.717) is 0 Å². The van der Waals surface area contributed by atoms with Gasteiger partial charge < -0.3 is 15.2 Å². The molecule has 0 aliphatic carbocycles. The number of pyridine rings is 1. The number of H-pyrrole nitrogens is 1. The number of hydrogen-bond donors (Lipinski definition) is 2. The van der Waals surface area contributed by atoms with Gasteiger partial charge in [0.2, 0.25) is 0 Å². The third-order valence-corrected chi connectivity index (χ3v) is 5.17. The fraction of sp³-hybridized carbons (Fsp3) is 0.364. The van der Waals surface area contributed by atoms with E-state index in [1.807, 2.05) is 30.5 Å². The van der Waals surface area contributed by atoms with Gasteiger partial charge in [-0.3, -0.25) is 4.98 Å². The Balaban J connectivity index is 1.82. The van der Waals surface area contributed by atoms with Crippen LogP contribution in [0.1, 0.15) is 37.6 Å². The molecule has 0 radical (unpaired) electrons. The second-order valence-corrected chi connectivity index (χ2v) is 8.95. The van der Waals surface area contributed by atoms with Gasteiger partial charge in [0.1, 0.15) is 0 Å². The Bertz CT molecular complexity index is 960. The van der Waals surface area contributed by atoms with Gasteiger partial charge >= 0.3 is 0 Å². The van der Waals surface area contributed by atoms with Gasteiger partial charge in [-0.05, 0) is 81.7 Å². The number of halogens is 1. The molecule has 0 fully saturated rings. The summed E-state index contributed by atoms with van der Waals surface area (Å²) in [4.78, 5) is 9.90. The largest absolute Gasteiger partial charge is 0.358 e. The van der Waals surface area contributed by atoms with E-state index in [1.165, 1.54) is 16.6 Å². The van der Waals surface area contributed by atoms with Crippen LogP contribution in [0.25, 0.3) is 10.9 Å². The molecule has 4 nitrogen and oxygen atoms in total. The van der Waals surface area contributed by atoms with Crippen molar-refractivity contribution >= 4 is 39.8 Å². The van der Waals surface area contributed by atoms with Crippen LogP contribution in [0.3, 0.4) is 0 Å². The van der Waals surface area contributed by atoms with Gasteiger partial charge in [0, 0.05) is 52.6 Å². The van der Waals surface area contributed by atoms with Gasteiger partial charge in [0.25, 0.3) is 0 Å². The Labute approximate surface area is 177 Å². The van der Waals surface area contributed by atoms with Gasteiger partial charge in [-0.25, -0.2) is 0 Å². The lowest BCUT2D eigenvalue weighted by molar-refractivity contribution is 0.384. The quantitative estimate of drug-likeness (QED) is 0.560. The molecule has 2 N–H and O–H groups in total. The van der Waals surface area contributed by atoms with Crippen LogP contribution in [0.4, 0.5) is 0 Å². The molecular formula is C22H27ClN4S. The normalized spacial score (nSPS) is 11.6. The molecule has 2 aromatic heterocycles. The van der Waals surface area contributed by atoms with Crippen LogP contribution in [-0.4, -0.2) is 32.1 Å². The highest BCUT2D eigenvalue weighted by Gasteiger charge is 2.18. The molecule has 0 saturated heterocycles. The fourth-order valence-electron chi connectivity index (χ4n) is 3.29. The van der Waals surface area contributed by atoms with Crippen molar-refractivity contribution in [3.05, 3.63) is 64.6 Å².